The fourth-order valence-electron chi connectivity index (χ4n) is 2.32. The molecule has 1 amide bonds. The molecule has 1 heterocycles. The van der Waals surface area contributed by atoms with E-state index >= 15 is 0 Å². The number of carbonyl (C=O) groups excluding carboxylic acids is 1. The summed E-state index contributed by atoms with van der Waals surface area (Å²) in [6.45, 7) is 5.41. The van der Waals surface area contributed by atoms with Crippen molar-refractivity contribution in [3.63, 3.8) is 0 Å². The van der Waals surface area contributed by atoms with Crippen molar-refractivity contribution in [2.75, 3.05) is 6.54 Å². The highest BCUT2D eigenvalue weighted by atomic mass is 19.1. The second-order valence-electron chi connectivity index (χ2n) is 6.07. The minimum Gasteiger partial charge on any atom is -0.480 e. The van der Waals surface area contributed by atoms with Crippen molar-refractivity contribution in [1.82, 2.24) is 4.90 Å². The molecule has 0 aliphatic carbocycles. The van der Waals surface area contributed by atoms with Gasteiger partial charge < -0.3 is 9.84 Å². The Hall–Kier alpha value is -2.11. The third-order valence-corrected chi connectivity index (χ3v) is 3.29. The first kappa shape index (κ1) is 15.3. The van der Waals surface area contributed by atoms with E-state index in [1.54, 1.807) is 32.9 Å². The molecular formula is C15H18FNO4. The van der Waals surface area contributed by atoms with E-state index < -0.39 is 23.7 Å². The van der Waals surface area contributed by atoms with Crippen LogP contribution in [0.3, 0.4) is 0 Å². The highest BCUT2D eigenvalue weighted by Gasteiger charge is 2.48. The second-order valence-corrected chi connectivity index (χ2v) is 6.07. The Bertz CT molecular complexity index is 550. The lowest BCUT2D eigenvalue weighted by Gasteiger charge is -2.45. The van der Waals surface area contributed by atoms with Crippen LogP contribution >= 0.6 is 0 Å². The van der Waals surface area contributed by atoms with Gasteiger partial charge in [0.15, 0.2) is 0 Å². The number of rotatable bonds is 2. The molecule has 5 nitrogen and oxygen atoms in total. The van der Waals surface area contributed by atoms with Crippen LogP contribution in [0.4, 0.5) is 9.18 Å². The Morgan fingerprint density at radius 1 is 1.29 bits per heavy atom. The minimum absolute atomic E-state index is 0.248. The number of hydrogen-bond donors (Lipinski definition) is 1. The predicted octanol–water partition coefficient (Wildman–Crippen LogP) is 2.61. The van der Waals surface area contributed by atoms with Gasteiger partial charge in [0.2, 0.25) is 0 Å². The molecule has 0 radical (unpaired) electrons. The van der Waals surface area contributed by atoms with E-state index in [-0.39, 0.29) is 18.3 Å². The van der Waals surface area contributed by atoms with Crippen molar-refractivity contribution in [2.24, 2.45) is 0 Å². The Morgan fingerprint density at radius 2 is 1.86 bits per heavy atom. The maximum absolute atomic E-state index is 12.9. The largest absolute Gasteiger partial charge is 0.480 e. The van der Waals surface area contributed by atoms with Gasteiger partial charge in [-0.2, -0.15) is 0 Å². The van der Waals surface area contributed by atoms with Gasteiger partial charge in [-0.25, -0.2) is 14.0 Å². The molecule has 6 heteroatoms. The zero-order valence-corrected chi connectivity index (χ0v) is 12.2. The molecule has 0 aromatic heterocycles. The number of benzene rings is 1. The molecule has 1 saturated heterocycles. The van der Waals surface area contributed by atoms with Crippen molar-refractivity contribution in [1.29, 1.82) is 0 Å². The van der Waals surface area contributed by atoms with Crippen LogP contribution in [0.15, 0.2) is 24.3 Å². The van der Waals surface area contributed by atoms with E-state index in [0.29, 0.717) is 5.56 Å². The van der Waals surface area contributed by atoms with Gasteiger partial charge in [-0.05, 0) is 38.5 Å². The fourth-order valence-corrected chi connectivity index (χ4v) is 2.32. The van der Waals surface area contributed by atoms with E-state index in [4.69, 9.17) is 4.74 Å². The summed E-state index contributed by atoms with van der Waals surface area (Å²) in [7, 11) is 0. The summed E-state index contributed by atoms with van der Waals surface area (Å²) in [4.78, 5) is 24.5. The number of carboxylic acid groups (broad SMARTS) is 1. The first-order chi connectivity index (χ1) is 9.69. The van der Waals surface area contributed by atoms with Gasteiger partial charge in [0, 0.05) is 12.5 Å². The van der Waals surface area contributed by atoms with Crippen LogP contribution in [-0.2, 0) is 9.53 Å². The van der Waals surface area contributed by atoms with E-state index in [9.17, 15) is 19.1 Å². The molecule has 0 bridgehead atoms. The number of nitrogens with zero attached hydrogens (tertiary/aromatic N) is 1. The molecule has 1 aromatic carbocycles. The lowest BCUT2D eigenvalue weighted by molar-refractivity contribution is -0.149. The topological polar surface area (TPSA) is 66.8 Å². The molecule has 1 aromatic rings. The third-order valence-electron chi connectivity index (χ3n) is 3.29. The number of aliphatic carboxylic acids is 1. The second kappa shape index (κ2) is 5.35. The van der Waals surface area contributed by atoms with Gasteiger partial charge >= 0.3 is 12.1 Å². The molecule has 0 saturated carbocycles. The number of halogens is 1. The lowest BCUT2D eigenvalue weighted by Crippen LogP contribution is -2.61. The maximum Gasteiger partial charge on any atom is 0.411 e. The standard InChI is InChI=1S/C15H18FNO4/c1-15(2,3)21-14(20)17-8-11(12(17)13(18)19)9-4-6-10(16)7-5-9/h4-7,11-12H,8H2,1-3H3,(H,18,19)/t11-,12?/m1/s1. The Balaban J connectivity index is 2.13. The summed E-state index contributed by atoms with van der Waals surface area (Å²) in [5.41, 5.74) is 0.0183. The van der Waals surface area contributed by atoms with Gasteiger partial charge in [-0.3, -0.25) is 4.90 Å². The molecule has 1 aliphatic heterocycles. The fraction of sp³-hybridized carbons (Fsp3) is 0.467. The first-order valence-electron chi connectivity index (χ1n) is 6.67. The predicted molar refractivity (Wildman–Crippen MR) is 73.5 cm³/mol. The van der Waals surface area contributed by atoms with Gasteiger partial charge in [0.05, 0.1) is 0 Å². The van der Waals surface area contributed by atoms with Crippen molar-refractivity contribution < 1.29 is 23.8 Å². The Morgan fingerprint density at radius 3 is 2.33 bits per heavy atom. The lowest BCUT2D eigenvalue weighted by atomic mass is 9.83. The van der Waals surface area contributed by atoms with Crippen LogP contribution in [0.25, 0.3) is 0 Å². The number of carboxylic acids is 1. The van der Waals surface area contributed by atoms with Gasteiger partial charge in [-0.1, -0.05) is 12.1 Å². The Labute approximate surface area is 122 Å². The number of likely N-dealkylation sites (tertiary alicyclic amines) is 1. The van der Waals surface area contributed by atoms with Crippen LogP contribution in [-0.4, -0.2) is 40.3 Å². The molecule has 2 rings (SSSR count). The number of carbonyl (C=O) groups is 2. The van der Waals surface area contributed by atoms with Crippen LogP contribution < -0.4 is 0 Å². The number of amides is 1. The summed E-state index contributed by atoms with van der Waals surface area (Å²) >= 11 is 0. The summed E-state index contributed by atoms with van der Waals surface area (Å²) in [5, 5.41) is 9.31. The molecule has 0 spiro atoms. The maximum atomic E-state index is 12.9. The molecule has 21 heavy (non-hydrogen) atoms. The average Bonchev–Trinajstić information content (AvgIpc) is 2.27. The molecule has 1 N–H and O–H groups in total. The normalized spacial score (nSPS) is 21.6. The van der Waals surface area contributed by atoms with Crippen molar-refractivity contribution in [2.45, 2.75) is 38.3 Å². The third kappa shape index (κ3) is 3.32. The average molecular weight is 295 g/mol. The van der Waals surface area contributed by atoms with Crippen LogP contribution in [0.2, 0.25) is 0 Å². The van der Waals surface area contributed by atoms with Crippen molar-refractivity contribution in [3.05, 3.63) is 35.6 Å². The zero-order chi connectivity index (χ0) is 15.8. The van der Waals surface area contributed by atoms with Crippen LogP contribution in [0, 0.1) is 5.82 Å². The van der Waals surface area contributed by atoms with E-state index in [1.165, 1.54) is 17.0 Å². The van der Waals surface area contributed by atoms with E-state index in [0.717, 1.165) is 0 Å². The van der Waals surface area contributed by atoms with Gasteiger partial charge in [0.1, 0.15) is 17.5 Å². The van der Waals surface area contributed by atoms with Crippen molar-refractivity contribution >= 4 is 12.1 Å². The van der Waals surface area contributed by atoms with Crippen LogP contribution in [0.5, 0.6) is 0 Å². The molecule has 1 unspecified atom stereocenters. The zero-order valence-electron chi connectivity index (χ0n) is 12.2. The minimum atomic E-state index is -1.10. The number of ether oxygens (including phenoxy) is 1. The van der Waals surface area contributed by atoms with Gasteiger partial charge in [0.25, 0.3) is 0 Å². The van der Waals surface area contributed by atoms with Crippen LogP contribution in [0.1, 0.15) is 32.3 Å². The van der Waals surface area contributed by atoms with Gasteiger partial charge in [-0.15, -0.1) is 0 Å². The molecule has 2 atom stereocenters. The summed E-state index contributed by atoms with van der Waals surface area (Å²) in [6.07, 6.45) is -0.645. The highest BCUT2D eigenvalue weighted by molar-refractivity contribution is 5.83. The summed E-state index contributed by atoms with van der Waals surface area (Å²) in [6, 6.07) is 4.67. The first-order valence-corrected chi connectivity index (χ1v) is 6.67. The van der Waals surface area contributed by atoms with E-state index in [1.807, 2.05) is 0 Å². The summed E-state index contributed by atoms with van der Waals surface area (Å²) in [5.74, 6) is -1.83. The molecule has 114 valence electrons. The Kier molecular flexibility index (Phi) is 3.89. The molecular weight excluding hydrogens is 277 g/mol. The summed E-state index contributed by atoms with van der Waals surface area (Å²) < 4.78 is 18.1. The highest BCUT2D eigenvalue weighted by Crippen LogP contribution is 2.35. The van der Waals surface area contributed by atoms with E-state index in [2.05, 4.69) is 0 Å². The number of hydrogen-bond acceptors (Lipinski definition) is 3. The molecule has 1 aliphatic rings. The van der Waals surface area contributed by atoms with Crippen molar-refractivity contribution in [3.8, 4) is 0 Å². The smallest absolute Gasteiger partial charge is 0.411 e. The SMILES string of the molecule is CC(C)(C)OC(=O)N1C[C@H](c2ccc(F)cc2)C1C(=O)O. The quantitative estimate of drug-likeness (QED) is 0.910. The molecule has 1 fully saturated rings. The monoisotopic (exact) mass is 295 g/mol.